The van der Waals surface area contributed by atoms with Gasteiger partial charge in [0.05, 0.1) is 0 Å². The highest BCUT2D eigenvalue weighted by Crippen LogP contribution is 2.21. The van der Waals surface area contributed by atoms with E-state index < -0.39 is 0 Å². The second-order valence-electron chi connectivity index (χ2n) is 6.09. The van der Waals surface area contributed by atoms with E-state index >= 15 is 0 Å². The Kier molecular flexibility index (Phi) is 4.67. The van der Waals surface area contributed by atoms with Crippen LogP contribution in [0.2, 0.25) is 0 Å². The zero-order valence-electron chi connectivity index (χ0n) is 13.5. The fourth-order valence-electron chi connectivity index (χ4n) is 2.53. The summed E-state index contributed by atoms with van der Waals surface area (Å²) in [6, 6.07) is 16.6. The van der Waals surface area contributed by atoms with E-state index in [4.69, 9.17) is 0 Å². The molecule has 116 valence electrons. The first-order chi connectivity index (χ1) is 11.2. The monoisotopic (exact) mass is 303 g/mol. The quantitative estimate of drug-likeness (QED) is 0.713. The molecule has 2 heterocycles. The van der Waals surface area contributed by atoms with Crippen molar-refractivity contribution in [1.29, 1.82) is 0 Å². The van der Waals surface area contributed by atoms with Gasteiger partial charge in [0, 0.05) is 29.8 Å². The molecule has 3 nitrogen and oxygen atoms in total. The summed E-state index contributed by atoms with van der Waals surface area (Å²) in [7, 11) is 0. The second kappa shape index (κ2) is 7.05. The molecule has 3 heteroatoms. The van der Waals surface area contributed by atoms with Crippen LogP contribution in [0.5, 0.6) is 0 Å². The van der Waals surface area contributed by atoms with Crippen LogP contribution in [0, 0.1) is 5.92 Å². The van der Waals surface area contributed by atoms with Crippen molar-refractivity contribution in [2.45, 2.75) is 20.3 Å². The zero-order valence-corrected chi connectivity index (χ0v) is 13.5. The number of hydrogen-bond donors (Lipinski definition) is 1. The molecule has 3 rings (SSSR count). The van der Waals surface area contributed by atoms with Crippen LogP contribution in [-0.2, 0) is 6.42 Å². The molecule has 3 aromatic rings. The molecule has 23 heavy (non-hydrogen) atoms. The lowest BCUT2D eigenvalue weighted by molar-refractivity contribution is 0.647. The number of aromatic nitrogens is 2. The molecule has 0 amide bonds. The lowest BCUT2D eigenvalue weighted by Gasteiger charge is -2.09. The predicted molar refractivity (Wildman–Crippen MR) is 95.7 cm³/mol. The van der Waals surface area contributed by atoms with Crippen molar-refractivity contribution in [2.75, 3.05) is 5.32 Å². The van der Waals surface area contributed by atoms with Crippen molar-refractivity contribution in [3.8, 4) is 11.1 Å². The van der Waals surface area contributed by atoms with E-state index in [-0.39, 0.29) is 0 Å². The second-order valence-corrected chi connectivity index (χ2v) is 6.09. The molecule has 1 N–H and O–H groups in total. The van der Waals surface area contributed by atoms with Gasteiger partial charge in [0.15, 0.2) is 0 Å². The highest BCUT2D eigenvalue weighted by atomic mass is 15.0. The van der Waals surface area contributed by atoms with Crippen molar-refractivity contribution < 1.29 is 0 Å². The lowest BCUT2D eigenvalue weighted by Crippen LogP contribution is -1.96. The summed E-state index contributed by atoms with van der Waals surface area (Å²) in [6.45, 7) is 4.47. The van der Waals surface area contributed by atoms with E-state index in [1.807, 2.05) is 24.4 Å². The van der Waals surface area contributed by atoms with E-state index in [1.165, 1.54) is 5.56 Å². The Morgan fingerprint density at radius 1 is 0.870 bits per heavy atom. The number of benzene rings is 1. The van der Waals surface area contributed by atoms with Gasteiger partial charge >= 0.3 is 0 Å². The van der Waals surface area contributed by atoms with E-state index in [1.54, 1.807) is 12.4 Å². The van der Waals surface area contributed by atoms with Crippen molar-refractivity contribution in [3.63, 3.8) is 0 Å². The molecule has 0 fully saturated rings. The largest absolute Gasteiger partial charge is 0.340 e. The Bertz CT molecular complexity index is 732. The molecule has 0 aliphatic carbocycles. The maximum atomic E-state index is 4.49. The van der Waals surface area contributed by atoms with Gasteiger partial charge in [-0.1, -0.05) is 26.0 Å². The van der Waals surface area contributed by atoms with Gasteiger partial charge in [0.25, 0.3) is 0 Å². The minimum atomic E-state index is 0.677. The number of nitrogens with one attached hydrogen (secondary N) is 1. The Balaban J connectivity index is 1.68. The normalized spacial score (nSPS) is 10.7. The fourth-order valence-corrected chi connectivity index (χ4v) is 2.53. The first-order valence-corrected chi connectivity index (χ1v) is 7.93. The molecule has 0 spiro atoms. The Morgan fingerprint density at radius 3 is 2.22 bits per heavy atom. The maximum Gasteiger partial charge on any atom is 0.130 e. The van der Waals surface area contributed by atoms with Crippen molar-refractivity contribution >= 4 is 11.5 Å². The minimum absolute atomic E-state index is 0.677. The number of nitrogens with zero attached hydrogens (tertiary/aromatic N) is 2. The van der Waals surface area contributed by atoms with E-state index in [2.05, 4.69) is 59.5 Å². The predicted octanol–water partition coefficient (Wildman–Crippen LogP) is 5.09. The van der Waals surface area contributed by atoms with Crippen molar-refractivity contribution in [2.24, 2.45) is 5.92 Å². The maximum absolute atomic E-state index is 4.49. The van der Waals surface area contributed by atoms with Gasteiger partial charge in [-0.25, -0.2) is 4.98 Å². The van der Waals surface area contributed by atoms with Crippen LogP contribution in [0.15, 0.2) is 67.1 Å². The van der Waals surface area contributed by atoms with Crippen molar-refractivity contribution in [3.05, 3.63) is 72.7 Å². The molecule has 2 aromatic heterocycles. The standard InChI is InChI=1S/C20H21N3/c1-15(2)13-16-3-6-19(7-4-16)23-20-8-5-18(14-22-20)17-9-11-21-12-10-17/h3-12,14-15H,13H2,1-2H3,(H,22,23). The molecule has 0 aliphatic heterocycles. The third-order valence-corrected chi connectivity index (χ3v) is 3.65. The van der Waals surface area contributed by atoms with Crippen molar-refractivity contribution in [1.82, 2.24) is 9.97 Å². The molecule has 0 bridgehead atoms. The number of pyridine rings is 2. The first-order valence-electron chi connectivity index (χ1n) is 7.93. The summed E-state index contributed by atoms with van der Waals surface area (Å²) in [5, 5.41) is 3.34. The van der Waals surface area contributed by atoms with Gasteiger partial charge < -0.3 is 5.32 Å². The van der Waals surface area contributed by atoms with Gasteiger partial charge in [-0.15, -0.1) is 0 Å². The Hall–Kier alpha value is -2.68. The van der Waals surface area contributed by atoms with Gasteiger partial charge in [-0.3, -0.25) is 4.98 Å². The van der Waals surface area contributed by atoms with E-state index in [0.717, 1.165) is 29.1 Å². The fraction of sp³-hybridized carbons (Fsp3) is 0.200. The highest BCUT2D eigenvalue weighted by Gasteiger charge is 2.01. The number of anilines is 2. The third kappa shape index (κ3) is 4.16. The summed E-state index contributed by atoms with van der Waals surface area (Å²) in [5.74, 6) is 1.52. The van der Waals surface area contributed by atoms with Crippen LogP contribution >= 0.6 is 0 Å². The number of hydrogen-bond acceptors (Lipinski definition) is 3. The minimum Gasteiger partial charge on any atom is -0.340 e. The molecule has 0 unspecified atom stereocenters. The first kappa shape index (κ1) is 15.2. The molecule has 0 radical (unpaired) electrons. The van der Waals surface area contributed by atoms with Crippen LogP contribution in [0.4, 0.5) is 11.5 Å². The average Bonchev–Trinajstić information content (AvgIpc) is 2.58. The molecule has 0 atom stereocenters. The van der Waals surface area contributed by atoms with Crippen LogP contribution in [0.25, 0.3) is 11.1 Å². The summed E-state index contributed by atoms with van der Waals surface area (Å²) in [6.07, 6.45) is 6.57. The van der Waals surface area contributed by atoms with Crippen LogP contribution < -0.4 is 5.32 Å². The Morgan fingerprint density at radius 2 is 1.61 bits per heavy atom. The smallest absolute Gasteiger partial charge is 0.130 e. The summed E-state index contributed by atoms with van der Waals surface area (Å²) < 4.78 is 0. The van der Waals surface area contributed by atoms with E-state index in [0.29, 0.717) is 5.92 Å². The lowest BCUT2D eigenvalue weighted by atomic mass is 10.0. The summed E-state index contributed by atoms with van der Waals surface area (Å²) in [4.78, 5) is 8.53. The zero-order chi connectivity index (χ0) is 16.1. The van der Waals surface area contributed by atoms with Gasteiger partial charge in [0.2, 0.25) is 0 Å². The summed E-state index contributed by atoms with van der Waals surface area (Å²) in [5.41, 5.74) is 4.63. The highest BCUT2D eigenvalue weighted by molar-refractivity contribution is 5.64. The SMILES string of the molecule is CC(C)Cc1ccc(Nc2ccc(-c3ccncc3)cn2)cc1. The number of rotatable bonds is 5. The van der Waals surface area contributed by atoms with Gasteiger partial charge in [0.1, 0.15) is 5.82 Å². The molecule has 0 aliphatic rings. The van der Waals surface area contributed by atoms with Gasteiger partial charge in [-0.2, -0.15) is 0 Å². The van der Waals surface area contributed by atoms with E-state index in [9.17, 15) is 0 Å². The molecule has 0 saturated heterocycles. The molecule has 1 aromatic carbocycles. The van der Waals surface area contributed by atoms with Crippen LogP contribution in [0.3, 0.4) is 0 Å². The summed E-state index contributed by atoms with van der Waals surface area (Å²) >= 11 is 0. The molecular formula is C20H21N3. The van der Waals surface area contributed by atoms with Gasteiger partial charge in [-0.05, 0) is 59.9 Å². The van der Waals surface area contributed by atoms with Crippen LogP contribution in [-0.4, -0.2) is 9.97 Å². The van der Waals surface area contributed by atoms with Crippen LogP contribution in [0.1, 0.15) is 19.4 Å². The Labute approximate surface area is 137 Å². The topological polar surface area (TPSA) is 37.8 Å². The average molecular weight is 303 g/mol. The molecule has 0 saturated carbocycles. The molecular weight excluding hydrogens is 282 g/mol. The third-order valence-electron chi connectivity index (χ3n) is 3.65.